The maximum absolute atomic E-state index is 13.9. The minimum Gasteiger partial charge on any atom is -0.462 e. The molecule has 1 aliphatic heterocycles. The number of hydrogen-bond acceptors (Lipinski definition) is 5. The van der Waals surface area contributed by atoms with E-state index in [0.717, 1.165) is 33.9 Å². The Morgan fingerprint density at radius 2 is 2.04 bits per heavy atom. The molecular weight excluding hydrogens is 390 g/mol. The van der Waals surface area contributed by atoms with Crippen molar-refractivity contribution in [2.75, 3.05) is 18.5 Å². The van der Waals surface area contributed by atoms with Gasteiger partial charge in [0.2, 0.25) is 5.91 Å². The van der Waals surface area contributed by atoms with Gasteiger partial charge in [-0.25, -0.2) is 13.6 Å². The van der Waals surface area contributed by atoms with Gasteiger partial charge in [0.05, 0.1) is 24.3 Å². The van der Waals surface area contributed by atoms with Gasteiger partial charge in [0.1, 0.15) is 16.6 Å². The third-order valence-electron chi connectivity index (χ3n) is 4.38. The summed E-state index contributed by atoms with van der Waals surface area (Å²) in [6.07, 6.45) is 0.445. The van der Waals surface area contributed by atoms with E-state index in [2.05, 4.69) is 5.32 Å². The number of nitrogens with one attached hydrogen (secondary N) is 1. The maximum atomic E-state index is 13.9. The third-order valence-corrected chi connectivity index (χ3v) is 5.52. The summed E-state index contributed by atoms with van der Waals surface area (Å²) < 4.78 is 32.1. The number of esters is 1. The molecule has 0 radical (unpaired) electrons. The molecule has 6 nitrogen and oxygen atoms in total. The van der Waals surface area contributed by atoms with Crippen LogP contribution in [0.15, 0.2) is 18.2 Å². The summed E-state index contributed by atoms with van der Waals surface area (Å²) in [7, 11) is 0. The van der Waals surface area contributed by atoms with Crippen LogP contribution in [0.1, 0.15) is 45.0 Å². The lowest BCUT2D eigenvalue weighted by molar-refractivity contribution is -0.129. The summed E-state index contributed by atoms with van der Waals surface area (Å²) in [5.41, 5.74) is 0.602. The largest absolute Gasteiger partial charge is 0.462 e. The third kappa shape index (κ3) is 3.89. The highest BCUT2D eigenvalue weighted by atomic mass is 32.1. The first-order chi connectivity index (χ1) is 13.3. The Bertz CT molecular complexity index is 958. The quantitative estimate of drug-likeness (QED) is 0.788. The minimum atomic E-state index is -1.00. The van der Waals surface area contributed by atoms with Crippen LogP contribution in [0.5, 0.6) is 0 Å². The summed E-state index contributed by atoms with van der Waals surface area (Å²) in [6.45, 7) is 4.06. The zero-order valence-electron chi connectivity index (χ0n) is 15.3. The van der Waals surface area contributed by atoms with Gasteiger partial charge in [-0.3, -0.25) is 9.59 Å². The molecule has 0 saturated carbocycles. The molecule has 9 heteroatoms. The van der Waals surface area contributed by atoms with E-state index in [9.17, 15) is 23.2 Å². The molecule has 0 aliphatic carbocycles. The Balaban J connectivity index is 1.96. The van der Waals surface area contributed by atoms with Crippen molar-refractivity contribution < 1.29 is 27.9 Å². The van der Waals surface area contributed by atoms with Gasteiger partial charge in [0, 0.05) is 24.4 Å². The second-order valence-corrected chi connectivity index (χ2v) is 7.30. The number of nitrogens with zero attached hydrogens (tertiary/aromatic N) is 1. The van der Waals surface area contributed by atoms with Crippen LogP contribution in [0.25, 0.3) is 0 Å². The van der Waals surface area contributed by atoms with Crippen LogP contribution in [0.3, 0.4) is 0 Å². The molecule has 1 N–H and O–H groups in total. The molecule has 1 aromatic carbocycles. The Morgan fingerprint density at radius 1 is 1.29 bits per heavy atom. The Kier molecular flexibility index (Phi) is 5.73. The predicted molar refractivity (Wildman–Crippen MR) is 99.4 cm³/mol. The van der Waals surface area contributed by atoms with Crippen LogP contribution in [-0.2, 0) is 22.5 Å². The van der Waals surface area contributed by atoms with E-state index in [4.69, 9.17) is 4.74 Å². The van der Waals surface area contributed by atoms with Crippen molar-refractivity contribution in [1.82, 2.24) is 4.90 Å². The molecule has 3 rings (SSSR count). The van der Waals surface area contributed by atoms with E-state index in [1.807, 2.05) is 0 Å². The predicted octanol–water partition coefficient (Wildman–Crippen LogP) is 3.36. The molecule has 28 heavy (non-hydrogen) atoms. The summed E-state index contributed by atoms with van der Waals surface area (Å²) >= 11 is 1.15. The fourth-order valence-corrected chi connectivity index (χ4v) is 4.27. The standard InChI is InChI=1S/C19H18F2N2O4S/c1-3-27-19(26)16-13-6-7-23(10(2)24)9-15(13)28-18(16)22-17(25)12-5-4-11(20)8-14(12)21/h4-5,8H,3,6-7,9H2,1-2H3,(H,22,25). The van der Waals surface area contributed by atoms with E-state index in [1.54, 1.807) is 11.8 Å². The van der Waals surface area contributed by atoms with Gasteiger partial charge in [-0.1, -0.05) is 0 Å². The van der Waals surface area contributed by atoms with E-state index in [-0.39, 0.29) is 28.6 Å². The molecule has 0 bridgehead atoms. The average molecular weight is 408 g/mol. The molecule has 2 aromatic rings. The monoisotopic (exact) mass is 408 g/mol. The van der Waals surface area contributed by atoms with Crippen molar-refractivity contribution in [1.29, 1.82) is 0 Å². The second kappa shape index (κ2) is 8.05. The summed E-state index contributed by atoms with van der Waals surface area (Å²) in [5.74, 6) is -3.27. The SMILES string of the molecule is CCOC(=O)c1c(NC(=O)c2ccc(F)cc2F)sc2c1CCN(C(C)=O)C2. The number of fused-ring (bicyclic) bond motifs is 1. The molecule has 1 aromatic heterocycles. The number of benzene rings is 1. The van der Waals surface area contributed by atoms with Gasteiger partial charge < -0.3 is 15.0 Å². The smallest absolute Gasteiger partial charge is 0.341 e. The number of amides is 2. The van der Waals surface area contributed by atoms with Crippen LogP contribution < -0.4 is 5.32 Å². The summed E-state index contributed by atoms with van der Waals surface area (Å²) in [5, 5.41) is 2.77. The fourth-order valence-electron chi connectivity index (χ4n) is 3.02. The van der Waals surface area contributed by atoms with Gasteiger partial charge in [-0.15, -0.1) is 11.3 Å². The zero-order valence-corrected chi connectivity index (χ0v) is 16.1. The van der Waals surface area contributed by atoms with Crippen LogP contribution in [0.4, 0.5) is 13.8 Å². The maximum Gasteiger partial charge on any atom is 0.341 e. The molecule has 148 valence electrons. The van der Waals surface area contributed by atoms with E-state index < -0.39 is 23.5 Å². The van der Waals surface area contributed by atoms with E-state index in [1.165, 1.54) is 6.92 Å². The van der Waals surface area contributed by atoms with Crippen LogP contribution in [-0.4, -0.2) is 35.8 Å². The number of thiophene rings is 1. The number of hydrogen-bond donors (Lipinski definition) is 1. The first-order valence-electron chi connectivity index (χ1n) is 8.65. The second-order valence-electron chi connectivity index (χ2n) is 6.20. The van der Waals surface area contributed by atoms with Gasteiger partial charge >= 0.3 is 5.97 Å². The van der Waals surface area contributed by atoms with Crippen molar-refractivity contribution in [3.05, 3.63) is 51.4 Å². The lowest BCUT2D eigenvalue weighted by atomic mass is 10.0. The number of anilines is 1. The molecule has 1 aliphatic rings. The molecule has 0 saturated heterocycles. The molecule has 0 unspecified atom stereocenters. The Labute approximate surface area is 164 Å². The summed E-state index contributed by atoms with van der Waals surface area (Å²) in [6, 6.07) is 2.63. The van der Waals surface area contributed by atoms with Crippen LogP contribution in [0, 0.1) is 11.6 Å². The van der Waals surface area contributed by atoms with Gasteiger partial charge in [0.25, 0.3) is 5.91 Å². The molecule has 2 heterocycles. The molecule has 0 spiro atoms. The fraction of sp³-hybridized carbons (Fsp3) is 0.316. The van der Waals surface area contributed by atoms with Gasteiger partial charge in [0.15, 0.2) is 0 Å². The molecule has 0 fully saturated rings. The molecular formula is C19H18F2N2O4S. The number of ether oxygens (including phenoxy) is 1. The van der Waals surface area contributed by atoms with Crippen LogP contribution >= 0.6 is 11.3 Å². The number of carbonyl (C=O) groups is 3. The molecule has 0 atom stereocenters. The highest BCUT2D eigenvalue weighted by Gasteiger charge is 2.30. The van der Waals surface area contributed by atoms with E-state index in [0.29, 0.717) is 25.6 Å². The Hall–Kier alpha value is -2.81. The lowest BCUT2D eigenvalue weighted by Gasteiger charge is -2.25. The van der Waals surface area contributed by atoms with Crippen molar-refractivity contribution in [3.63, 3.8) is 0 Å². The highest BCUT2D eigenvalue weighted by Crippen LogP contribution is 2.38. The van der Waals surface area contributed by atoms with Crippen molar-refractivity contribution in [2.24, 2.45) is 0 Å². The normalized spacial score (nSPS) is 13.1. The zero-order chi connectivity index (χ0) is 20.4. The Morgan fingerprint density at radius 3 is 2.68 bits per heavy atom. The van der Waals surface area contributed by atoms with E-state index >= 15 is 0 Å². The van der Waals surface area contributed by atoms with Crippen molar-refractivity contribution in [2.45, 2.75) is 26.8 Å². The van der Waals surface area contributed by atoms with Crippen LogP contribution in [0.2, 0.25) is 0 Å². The first kappa shape index (κ1) is 19.9. The van der Waals surface area contributed by atoms with Gasteiger partial charge in [-0.2, -0.15) is 0 Å². The van der Waals surface area contributed by atoms with Gasteiger partial charge in [-0.05, 0) is 31.0 Å². The number of rotatable bonds is 4. The highest BCUT2D eigenvalue weighted by molar-refractivity contribution is 7.17. The average Bonchev–Trinajstić information content (AvgIpc) is 2.98. The van der Waals surface area contributed by atoms with Crippen molar-refractivity contribution in [3.8, 4) is 0 Å². The molecule has 2 amide bonds. The number of carbonyl (C=O) groups excluding carboxylic acids is 3. The minimum absolute atomic E-state index is 0.0873. The number of halogens is 2. The summed E-state index contributed by atoms with van der Waals surface area (Å²) in [4.78, 5) is 39.0. The topological polar surface area (TPSA) is 75.7 Å². The lowest BCUT2D eigenvalue weighted by Crippen LogP contribution is -2.34. The van der Waals surface area contributed by atoms with Crippen molar-refractivity contribution >= 4 is 34.1 Å². The first-order valence-corrected chi connectivity index (χ1v) is 9.47.